The summed E-state index contributed by atoms with van der Waals surface area (Å²) in [4.78, 5) is 4.10. The van der Waals surface area contributed by atoms with Crippen LogP contribution in [0.2, 0.25) is 0 Å². The first-order valence-corrected chi connectivity index (χ1v) is 4.65. The minimum atomic E-state index is 0.275. The van der Waals surface area contributed by atoms with E-state index < -0.39 is 0 Å². The fourth-order valence-electron chi connectivity index (χ4n) is 1.26. The quantitative estimate of drug-likeness (QED) is 0.707. The van der Waals surface area contributed by atoms with E-state index in [1.807, 2.05) is 19.1 Å². The van der Waals surface area contributed by atoms with Gasteiger partial charge in [-0.05, 0) is 13.0 Å². The van der Waals surface area contributed by atoms with Gasteiger partial charge < -0.3 is 10.4 Å². The van der Waals surface area contributed by atoms with Crippen LogP contribution in [0.15, 0.2) is 24.3 Å². The van der Waals surface area contributed by atoms with Crippen LogP contribution in [0, 0.1) is 6.92 Å². The van der Waals surface area contributed by atoms with Gasteiger partial charge in [0.15, 0.2) is 0 Å². The zero-order valence-corrected chi connectivity index (χ0v) is 8.36. The minimum Gasteiger partial charge on any atom is -0.508 e. The van der Waals surface area contributed by atoms with Crippen molar-refractivity contribution in [3.63, 3.8) is 0 Å². The number of rotatable bonds is 3. The molecule has 0 fully saturated rings. The zero-order chi connectivity index (χ0) is 10.7. The summed E-state index contributed by atoms with van der Waals surface area (Å²) in [5, 5.41) is 19.2. The van der Waals surface area contributed by atoms with E-state index in [4.69, 9.17) is 0 Å². The van der Waals surface area contributed by atoms with Crippen LogP contribution in [0.4, 0.5) is 5.95 Å². The lowest BCUT2D eigenvalue weighted by molar-refractivity contribution is 0.469. The predicted octanol–water partition coefficient (Wildman–Crippen LogP) is 1.43. The van der Waals surface area contributed by atoms with Crippen molar-refractivity contribution in [3.05, 3.63) is 35.7 Å². The van der Waals surface area contributed by atoms with Crippen molar-refractivity contribution >= 4 is 5.95 Å². The molecule has 0 aliphatic heterocycles. The maximum Gasteiger partial charge on any atom is 0.242 e. The summed E-state index contributed by atoms with van der Waals surface area (Å²) in [5.41, 5.74) is 0.819. The molecule has 0 radical (unpaired) electrons. The Bertz CT molecular complexity index is 452. The number of phenolic OH excluding ortho intramolecular Hbond substituents is 1. The molecule has 2 rings (SSSR count). The van der Waals surface area contributed by atoms with Crippen molar-refractivity contribution in [1.82, 2.24) is 15.2 Å². The number of aromatic amines is 1. The number of aromatic nitrogens is 3. The van der Waals surface area contributed by atoms with Crippen LogP contribution in [-0.2, 0) is 6.54 Å². The molecule has 1 aromatic carbocycles. The monoisotopic (exact) mass is 204 g/mol. The third-order valence-electron chi connectivity index (χ3n) is 2.03. The molecule has 0 unspecified atom stereocenters. The molecule has 0 bridgehead atoms. The lowest BCUT2D eigenvalue weighted by Gasteiger charge is -2.03. The molecule has 3 N–H and O–H groups in total. The molecule has 0 amide bonds. The molecule has 0 spiro atoms. The van der Waals surface area contributed by atoms with E-state index in [9.17, 15) is 5.11 Å². The number of H-pyrrole nitrogens is 1. The number of nitrogens with zero attached hydrogens (tertiary/aromatic N) is 2. The number of phenols is 1. The summed E-state index contributed by atoms with van der Waals surface area (Å²) in [6.45, 7) is 2.34. The zero-order valence-electron chi connectivity index (χ0n) is 8.36. The Morgan fingerprint density at radius 1 is 1.40 bits per heavy atom. The van der Waals surface area contributed by atoms with E-state index in [-0.39, 0.29) is 5.75 Å². The molecule has 0 aliphatic carbocycles. The van der Waals surface area contributed by atoms with Crippen molar-refractivity contribution < 1.29 is 5.11 Å². The van der Waals surface area contributed by atoms with E-state index >= 15 is 0 Å². The Morgan fingerprint density at radius 2 is 2.20 bits per heavy atom. The van der Waals surface area contributed by atoms with E-state index in [1.54, 1.807) is 12.1 Å². The molecule has 78 valence electrons. The number of para-hydroxylation sites is 1. The average molecular weight is 204 g/mol. The molecule has 5 heteroatoms. The molecule has 0 saturated heterocycles. The third-order valence-corrected chi connectivity index (χ3v) is 2.03. The second-order valence-electron chi connectivity index (χ2n) is 3.23. The number of aryl methyl sites for hydroxylation is 1. The highest BCUT2D eigenvalue weighted by Crippen LogP contribution is 2.16. The van der Waals surface area contributed by atoms with Crippen LogP contribution in [0.3, 0.4) is 0 Å². The maximum absolute atomic E-state index is 9.51. The summed E-state index contributed by atoms with van der Waals surface area (Å²) in [6.07, 6.45) is 0. The third kappa shape index (κ3) is 2.25. The number of hydrogen-bond acceptors (Lipinski definition) is 4. The van der Waals surface area contributed by atoms with Gasteiger partial charge in [-0.25, -0.2) is 0 Å². The summed E-state index contributed by atoms with van der Waals surface area (Å²) < 4.78 is 0. The van der Waals surface area contributed by atoms with Crippen molar-refractivity contribution in [3.8, 4) is 5.75 Å². The van der Waals surface area contributed by atoms with E-state index in [0.717, 1.165) is 11.4 Å². The number of nitrogens with one attached hydrogen (secondary N) is 2. The summed E-state index contributed by atoms with van der Waals surface area (Å²) in [5.74, 6) is 1.57. The number of aromatic hydroxyl groups is 1. The predicted molar refractivity (Wildman–Crippen MR) is 56.6 cm³/mol. The van der Waals surface area contributed by atoms with Crippen LogP contribution >= 0.6 is 0 Å². The van der Waals surface area contributed by atoms with Crippen molar-refractivity contribution in [2.75, 3.05) is 5.32 Å². The van der Waals surface area contributed by atoms with E-state index in [1.165, 1.54) is 0 Å². The smallest absolute Gasteiger partial charge is 0.242 e. The molecular formula is C10H12N4O. The van der Waals surface area contributed by atoms with E-state index in [2.05, 4.69) is 20.5 Å². The fraction of sp³-hybridized carbons (Fsp3) is 0.200. The van der Waals surface area contributed by atoms with Gasteiger partial charge in [0.25, 0.3) is 0 Å². The van der Waals surface area contributed by atoms with Gasteiger partial charge >= 0.3 is 0 Å². The van der Waals surface area contributed by atoms with Crippen LogP contribution < -0.4 is 5.32 Å². The molecule has 1 aromatic heterocycles. The lowest BCUT2D eigenvalue weighted by Crippen LogP contribution is -2.01. The van der Waals surface area contributed by atoms with Crippen molar-refractivity contribution in [2.45, 2.75) is 13.5 Å². The molecule has 0 aliphatic rings. The average Bonchev–Trinajstić information content (AvgIpc) is 2.63. The van der Waals surface area contributed by atoms with E-state index in [0.29, 0.717) is 12.5 Å². The van der Waals surface area contributed by atoms with Gasteiger partial charge in [0.05, 0.1) is 0 Å². The van der Waals surface area contributed by atoms with Crippen LogP contribution in [-0.4, -0.2) is 20.3 Å². The van der Waals surface area contributed by atoms with Gasteiger partial charge in [0, 0.05) is 12.1 Å². The Kier molecular flexibility index (Phi) is 2.53. The molecule has 2 aromatic rings. The second kappa shape index (κ2) is 4.00. The van der Waals surface area contributed by atoms with Crippen molar-refractivity contribution in [2.24, 2.45) is 0 Å². The van der Waals surface area contributed by atoms with Gasteiger partial charge in [0.1, 0.15) is 11.6 Å². The molecule has 5 nitrogen and oxygen atoms in total. The van der Waals surface area contributed by atoms with Gasteiger partial charge in [-0.2, -0.15) is 4.98 Å². The molecule has 15 heavy (non-hydrogen) atoms. The number of benzene rings is 1. The number of hydrogen-bond donors (Lipinski definition) is 3. The van der Waals surface area contributed by atoms with Gasteiger partial charge in [-0.3, -0.25) is 5.10 Å². The second-order valence-corrected chi connectivity index (χ2v) is 3.23. The first-order valence-electron chi connectivity index (χ1n) is 4.65. The Morgan fingerprint density at radius 3 is 2.87 bits per heavy atom. The SMILES string of the molecule is Cc1nc(NCc2ccccc2O)n[nH]1. The Labute approximate surface area is 87.2 Å². The Balaban J connectivity index is 2.02. The molecule has 0 saturated carbocycles. The molecule has 1 heterocycles. The highest BCUT2D eigenvalue weighted by atomic mass is 16.3. The first-order chi connectivity index (χ1) is 7.25. The summed E-state index contributed by atoms with van der Waals surface area (Å²) in [6, 6.07) is 7.16. The highest BCUT2D eigenvalue weighted by Gasteiger charge is 2.01. The Hall–Kier alpha value is -2.04. The van der Waals surface area contributed by atoms with Crippen LogP contribution in [0.5, 0.6) is 5.75 Å². The van der Waals surface area contributed by atoms with Crippen molar-refractivity contribution in [1.29, 1.82) is 0 Å². The van der Waals surface area contributed by atoms with Gasteiger partial charge in [-0.1, -0.05) is 18.2 Å². The lowest BCUT2D eigenvalue weighted by atomic mass is 10.2. The topological polar surface area (TPSA) is 73.8 Å². The summed E-state index contributed by atoms with van der Waals surface area (Å²) in [7, 11) is 0. The fourth-order valence-corrected chi connectivity index (χ4v) is 1.26. The van der Waals surface area contributed by atoms with Gasteiger partial charge in [-0.15, -0.1) is 5.10 Å². The normalized spacial score (nSPS) is 10.2. The van der Waals surface area contributed by atoms with Crippen LogP contribution in [0.1, 0.15) is 11.4 Å². The molecule has 0 atom stereocenters. The van der Waals surface area contributed by atoms with Crippen LogP contribution in [0.25, 0.3) is 0 Å². The van der Waals surface area contributed by atoms with Gasteiger partial charge in [0.2, 0.25) is 5.95 Å². The highest BCUT2D eigenvalue weighted by molar-refractivity contribution is 5.35. The summed E-state index contributed by atoms with van der Waals surface area (Å²) >= 11 is 0. The minimum absolute atomic E-state index is 0.275. The molecular weight excluding hydrogens is 192 g/mol. The largest absolute Gasteiger partial charge is 0.508 e. The maximum atomic E-state index is 9.51. The first kappa shape index (κ1) is 9.51. The standard InChI is InChI=1S/C10H12N4O/c1-7-12-10(14-13-7)11-6-8-4-2-3-5-9(8)15/h2-5,15H,6H2,1H3,(H2,11,12,13,14). The number of anilines is 1.